The molecule has 5 heteroatoms. The van der Waals surface area contributed by atoms with E-state index in [1.165, 1.54) is 11.8 Å². The van der Waals surface area contributed by atoms with Gasteiger partial charge in [0.2, 0.25) is 0 Å². The van der Waals surface area contributed by atoms with E-state index >= 15 is 0 Å². The third-order valence-electron chi connectivity index (χ3n) is 1.59. The first-order chi connectivity index (χ1) is 6.09. The second-order valence-corrected chi connectivity index (χ2v) is 3.89. The number of nitrogens with two attached hydrogens (primary N) is 1. The second-order valence-electron chi connectivity index (χ2n) is 2.92. The lowest BCUT2D eigenvalue weighted by Gasteiger charge is -2.05. The van der Waals surface area contributed by atoms with Gasteiger partial charge in [0.05, 0.1) is 11.5 Å². The van der Waals surface area contributed by atoms with Crippen LogP contribution in [0.2, 0.25) is 0 Å². The van der Waals surface area contributed by atoms with Gasteiger partial charge in [-0.05, 0) is 6.92 Å². The highest BCUT2D eigenvalue weighted by molar-refractivity contribution is 7.99. The summed E-state index contributed by atoms with van der Waals surface area (Å²) in [5.74, 6) is 1.00. The zero-order valence-electron chi connectivity index (χ0n) is 7.70. The molecule has 72 valence electrons. The van der Waals surface area contributed by atoms with Gasteiger partial charge < -0.3 is 10.2 Å². The molecule has 0 saturated carbocycles. The number of aryl methyl sites for hydroxylation is 1. The zero-order chi connectivity index (χ0) is 9.84. The number of amidine groups is 1. The highest BCUT2D eigenvalue weighted by atomic mass is 32.2. The maximum atomic E-state index is 7.18. The van der Waals surface area contributed by atoms with E-state index in [0.717, 1.165) is 11.4 Å². The van der Waals surface area contributed by atoms with Crippen LogP contribution >= 0.6 is 11.8 Å². The van der Waals surface area contributed by atoms with Crippen molar-refractivity contribution >= 4 is 17.6 Å². The van der Waals surface area contributed by atoms with Crippen LogP contribution in [0.3, 0.4) is 0 Å². The lowest BCUT2D eigenvalue weighted by atomic mass is 10.2. The first-order valence-electron chi connectivity index (χ1n) is 3.98. The Morgan fingerprint density at radius 3 is 3.00 bits per heavy atom. The van der Waals surface area contributed by atoms with Crippen molar-refractivity contribution in [3.8, 4) is 0 Å². The Hall–Kier alpha value is -0.970. The summed E-state index contributed by atoms with van der Waals surface area (Å²) in [6, 6.07) is 0. The molecule has 1 atom stereocenters. The number of aromatic nitrogens is 1. The van der Waals surface area contributed by atoms with Crippen LogP contribution in [-0.4, -0.2) is 16.6 Å². The van der Waals surface area contributed by atoms with Crippen LogP contribution < -0.4 is 5.73 Å². The highest BCUT2D eigenvalue weighted by Crippen LogP contribution is 2.19. The molecule has 0 aliphatic heterocycles. The molecule has 1 aromatic rings. The maximum absolute atomic E-state index is 7.18. The predicted molar refractivity (Wildman–Crippen MR) is 53.0 cm³/mol. The number of nitrogens with zero attached hydrogens (tertiary/aromatic N) is 1. The molecular formula is C8H13N3OS. The van der Waals surface area contributed by atoms with E-state index in [1.54, 1.807) is 6.26 Å². The van der Waals surface area contributed by atoms with Gasteiger partial charge >= 0.3 is 0 Å². The molecule has 0 amide bonds. The topological polar surface area (TPSA) is 75.9 Å². The average molecular weight is 199 g/mol. The van der Waals surface area contributed by atoms with Gasteiger partial charge in [0, 0.05) is 11.7 Å². The number of hydrogen-bond donors (Lipinski definition) is 2. The quantitative estimate of drug-likeness (QED) is 0.439. The molecule has 0 radical (unpaired) electrons. The van der Waals surface area contributed by atoms with Crippen LogP contribution in [0.1, 0.15) is 12.6 Å². The van der Waals surface area contributed by atoms with E-state index in [0.29, 0.717) is 5.22 Å². The Morgan fingerprint density at radius 2 is 2.54 bits per heavy atom. The number of oxazole rings is 1. The van der Waals surface area contributed by atoms with Crippen molar-refractivity contribution in [1.29, 1.82) is 5.41 Å². The van der Waals surface area contributed by atoms with Gasteiger partial charge in [0.25, 0.3) is 5.22 Å². The zero-order valence-corrected chi connectivity index (χ0v) is 8.52. The molecule has 4 nitrogen and oxygen atoms in total. The molecule has 0 spiro atoms. The van der Waals surface area contributed by atoms with Gasteiger partial charge in [-0.3, -0.25) is 5.41 Å². The predicted octanol–water partition coefficient (Wildman–Crippen LogP) is 1.65. The number of thioether (sulfide) groups is 1. The summed E-state index contributed by atoms with van der Waals surface area (Å²) in [4.78, 5) is 4.13. The van der Waals surface area contributed by atoms with Crippen LogP contribution in [0.25, 0.3) is 0 Å². The summed E-state index contributed by atoms with van der Waals surface area (Å²) in [5.41, 5.74) is 6.20. The lowest BCUT2D eigenvalue weighted by molar-refractivity contribution is 0.453. The standard InChI is InChI=1S/C8H13N3OS/c1-5(7(9)10)4-13-8-11-6(2)3-12-8/h3,5H,4H2,1-2H3,(H3,9,10). The minimum atomic E-state index is 0.0669. The summed E-state index contributed by atoms with van der Waals surface area (Å²) in [6.07, 6.45) is 1.61. The smallest absolute Gasteiger partial charge is 0.255 e. The molecule has 0 aromatic carbocycles. The summed E-state index contributed by atoms with van der Waals surface area (Å²) in [6.45, 7) is 3.78. The molecule has 1 heterocycles. The Kier molecular flexibility index (Phi) is 3.36. The summed E-state index contributed by atoms with van der Waals surface area (Å²) < 4.78 is 5.13. The van der Waals surface area contributed by atoms with E-state index < -0.39 is 0 Å². The normalized spacial score (nSPS) is 12.8. The molecule has 1 rings (SSSR count). The van der Waals surface area contributed by atoms with Crippen molar-refractivity contribution in [2.24, 2.45) is 11.7 Å². The SMILES string of the molecule is Cc1coc(SCC(C)C(=N)N)n1. The Bertz CT molecular complexity index is 297. The lowest BCUT2D eigenvalue weighted by Crippen LogP contribution is -2.21. The van der Waals surface area contributed by atoms with Gasteiger partial charge in [0.15, 0.2) is 0 Å². The fraction of sp³-hybridized carbons (Fsp3) is 0.500. The van der Waals surface area contributed by atoms with E-state index in [4.69, 9.17) is 15.6 Å². The second kappa shape index (κ2) is 4.32. The number of nitrogens with one attached hydrogen (secondary N) is 1. The summed E-state index contributed by atoms with van der Waals surface area (Å²) >= 11 is 1.48. The van der Waals surface area contributed by atoms with Gasteiger partial charge in [-0.2, -0.15) is 0 Å². The molecule has 0 aliphatic rings. The number of rotatable bonds is 4. The Morgan fingerprint density at radius 1 is 1.85 bits per heavy atom. The van der Waals surface area contributed by atoms with Crippen molar-refractivity contribution in [3.63, 3.8) is 0 Å². The Balaban J connectivity index is 2.39. The van der Waals surface area contributed by atoms with E-state index in [-0.39, 0.29) is 11.8 Å². The minimum absolute atomic E-state index is 0.0669. The van der Waals surface area contributed by atoms with E-state index in [9.17, 15) is 0 Å². The van der Waals surface area contributed by atoms with E-state index in [2.05, 4.69) is 4.98 Å². The van der Waals surface area contributed by atoms with Crippen molar-refractivity contribution in [2.75, 3.05) is 5.75 Å². The van der Waals surface area contributed by atoms with Crippen LogP contribution in [0.4, 0.5) is 0 Å². The van der Waals surface area contributed by atoms with Crippen LogP contribution in [0.15, 0.2) is 15.9 Å². The third kappa shape index (κ3) is 3.10. The van der Waals surface area contributed by atoms with Gasteiger partial charge in [-0.1, -0.05) is 18.7 Å². The molecule has 0 aliphatic carbocycles. The third-order valence-corrected chi connectivity index (χ3v) is 2.69. The maximum Gasteiger partial charge on any atom is 0.255 e. The molecule has 0 bridgehead atoms. The molecule has 0 fully saturated rings. The van der Waals surface area contributed by atoms with E-state index in [1.807, 2.05) is 13.8 Å². The first-order valence-corrected chi connectivity index (χ1v) is 4.97. The fourth-order valence-electron chi connectivity index (χ4n) is 0.685. The molecule has 1 aromatic heterocycles. The number of hydrogen-bond acceptors (Lipinski definition) is 4. The van der Waals surface area contributed by atoms with Crippen molar-refractivity contribution in [1.82, 2.24) is 4.98 Å². The van der Waals surface area contributed by atoms with Gasteiger partial charge in [0.1, 0.15) is 6.26 Å². The Labute approximate surface area is 81.4 Å². The molecular weight excluding hydrogens is 186 g/mol. The van der Waals surface area contributed by atoms with Crippen LogP contribution in [0, 0.1) is 18.3 Å². The monoisotopic (exact) mass is 199 g/mol. The van der Waals surface area contributed by atoms with Crippen LogP contribution in [-0.2, 0) is 0 Å². The molecule has 0 saturated heterocycles. The first kappa shape index (κ1) is 10.1. The minimum Gasteiger partial charge on any atom is -0.440 e. The summed E-state index contributed by atoms with van der Waals surface area (Å²) in [7, 11) is 0. The van der Waals surface area contributed by atoms with Crippen LogP contribution in [0.5, 0.6) is 0 Å². The summed E-state index contributed by atoms with van der Waals surface area (Å²) in [5, 5.41) is 7.83. The van der Waals surface area contributed by atoms with Gasteiger partial charge in [-0.25, -0.2) is 4.98 Å². The van der Waals surface area contributed by atoms with Gasteiger partial charge in [-0.15, -0.1) is 0 Å². The molecule has 13 heavy (non-hydrogen) atoms. The molecule has 3 N–H and O–H groups in total. The van der Waals surface area contributed by atoms with Crippen molar-refractivity contribution in [2.45, 2.75) is 19.1 Å². The average Bonchev–Trinajstić information content (AvgIpc) is 2.47. The van der Waals surface area contributed by atoms with Crippen molar-refractivity contribution in [3.05, 3.63) is 12.0 Å². The fourth-order valence-corrected chi connectivity index (χ4v) is 1.58. The largest absolute Gasteiger partial charge is 0.440 e. The molecule has 1 unspecified atom stereocenters. The van der Waals surface area contributed by atoms with Crippen molar-refractivity contribution < 1.29 is 4.42 Å². The highest BCUT2D eigenvalue weighted by Gasteiger charge is 2.08.